The van der Waals surface area contributed by atoms with Gasteiger partial charge in [-0.2, -0.15) is 5.26 Å². The molecule has 3 rings (SSSR count). The van der Waals surface area contributed by atoms with Gasteiger partial charge in [-0.05, 0) is 37.5 Å². The SMILES string of the molecule is CO[C@@H]1CC[C@@H]2CCOc3ccc(C#N)cc3C(=O)N(C)CCCC(=O)N(C)C[C@@H]1O2. The van der Waals surface area contributed by atoms with Gasteiger partial charge in [0.1, 0.15) is 11.9 Å². The smallest absolute Gasteiger partial charge is 0.257 e. The molecule has 0 aliphatic carbocycles. The van der Waals surface area contributed by atoms with Gasteiger partial charge in [-0.25, -0.2) is 0 Å². The number of hydrogen-bond acceptors (Lipinski definition) is 6. The summed E-state index contributed by atoms with van der Waals surface area (Å²) in [6, 6.07) is 6.96. The molecule has 0 saturated carbocycles. The number of carbonyl (C=O) groups is 2. The maximum absolute atomic E-state index is 13.0. The van der Waals surface area contributed by atoms with Crippen LogP contribution in [0.4, 0.5) is 0 Å². The van der Waals surface area contributed by atoms with Crippen molar-refractivity contribution in [2.45, 2.75) is 50.4 Å². The Morgan fingerprint density at radius 2 is 1.97 bits per heavy atom. The fourth-order valence-corrected chi connectivity index (χ4v) is 4.11. The number of ether oxygens (including phenoxy) is 3. The highest BCUT2D eigenvalue weighted by Crippen LogP contribution is 2.26. The average molecular weight is 430 g/mol. The number of benzene rings is 1. The highest BCUT2D eigenvalue weighted by atomic mass is 16.5. The van der Waals surface area contributed by atoms with Gasteiger partial charge in [-0.15, -0.1) is 0 Å². The number of rotatable bonds is 1. The third-order valence-corrected chi connectivity index (χ3v) is 6.00. The Labute approximate surface area is 183 Å². The van der Waals surface area contributed by atoms with Crippen LogP contribution < -0.4 is 4.74 Å². The number of nitriles is 1. The van der Waals surface area contributed by atoms with Crippen LogP contribution in [0.3, 0.4) is 0 Å². The first-order chi connectivity index (χ1) is 14.9. The van der Waals surface area contributed by atoms with Crippen LogP contribution in [0.1, 0.15) is 48.0 Å². The number of likely N-dealkylation sites (N-methyl/N-ethyl adjacent to an activating group) is 1. The normalized spacial score (nSPS) is 26.1. The molecule has 168 valence electrons. The van der Waals surface area contributed by atoms with E-state index >= 15 is 0 Å². The van der Waals surface area contributed by atoms with E-state index in [1.807, 2.05) is 0 Å². The Morgan fingerprint density at radius 3 is 2.71 bits per heavy atom. The van der Waals surface area contributed by atoms with Crippen LogP contribution in [-0.2, 0) is 14.3 Å². The lowest BCUT2D eigenvalue weighted by atomic mass is 9.98. The first-order valence-electron chi connectivity index (χ1n) is 10.8. The highest BCUT2D eigenvalue weighted by molar-refractivity contribution is 5.97. The number of hydrogen-bond donors (Lipinski definition) is 0. The zero-order chi connectivity index (χ0) is 22.4. The van der Waals surface area contributed by atoms with E-state index in [0.29, 0.717) is 55.8 Å². The molecule has 2 amide bonds. The molecule has 0 N–H and O–H groups in total. The van der Waals surface area contributed by atoms with Crippen LogP contribution in [0.5, 0.6) is 5.75 Å². The Kier molecular flexibility index (Phi) is 7.88. The Morgan fingerprint density at radius 1 is 1.16 bits per heavy atom. The quantitative estimate of drug-likeness (QED) is 0.680. The summed E-state index contributed by atoms with van der Waals surface area (Å²) in [6.45, 7) is 1.29. The van der Waals surface area contributed by atoms with Gasteiger partial charge in [-0.3, -0.25) is 9.59 Å². The van der Waals surface area contributed by atoms with Crippen molar-refractivity contribution in [3.05, 3.63) is 29.3 Å². The zero-order valence-electron chi connectivity index (χ0n) is 18.5. The summed E-state index contributed by atoms with van der Waals surface area (Å²) in [6.07, 6.45) is 3.02. The van der Waals surface area contributed by atoms with E-state index < -0.39 is 0 Å². The lowest BCUT2D eigenvalue weighted by Crippen LogP contribution is -2.47. The van der Waals surface area contributed by atoms with Crippen molar-refractivity contribution in [1.29, 1.82) is 5.26 Å². The number of carbonyl (C=O) groups excluding carboxylic acids is 2. The van der Waals surface area contributed by atoms with Crippen LogP contribution in [-0.4, -0.2) is 80.8 Å². The molecule has 1 aromatic carbocycles. The summed E-state index contributed by atoms with van der Waals surface area (Å²) in [5.41, 5.74) is 0.762. The van der Waals surface area contributed by atoms with E-state index in [-0.39, 0.29) is 30.1 Å². The first-order valence-corrected chi connectivity index (χ1v) is 10.8. The van der Waals surface area contributed by atoms with Crippen LogP contribution in [0, 0.1) is 11.3 Å². The van der Waals surface area contributed by atoms with Gasteiger partial charge in [0.25, 0.3) is 5.91 Å². The van der Waals surface area contributed by atoms with Crippen molar-refractivity contribution in [2.24, 2.45) is 0 Å². The molecule has 0 spiro atoms. The molecular formula is C23H31N3O5. The molecule has 0 unspecified atom stereocenters. The fraction of sp³-hybridized carbons (Fsp3) is 0.609. The Balaban J connectivity index is 1.82. The minimum atomic E-state index is -0.225. The lowest BCUT2D eigenvalue weighted by Gasteiger charge is -2.37. The van der Waals surface area contributed by atoms with Gasteiger partial charge in [-0.1, -0.05) is 0 Å². The van der Waals surface area contributed by atoms with E-state index in [4.69, 9.17) is 14.2 Å². The molecule has 0 radical (unpaired) electrons. The molecule has 8 heteroatoms. The van der Waals surface area contributed by atoms with Gasteiger partial charge in [0.2, 0.25) is 5.91 Å². The molecule has 8 nitrogen and oxygen atoms in total. The average Bonchev–Trinajstić information content (AvgIpc) is 2.78. The van der Waals surface area contributed by atoms with Gasteiger partial charge in [0, 0.05) is 47.1 Å². The van der Waals surface area contributed by atoms with Gasteiger partial charge < -0.3 is 24.0 Å². The molecule has 1 saturated heterocycles. The molecule has 2 aliphatic heterocycles. The van der Waals surface area contributed by atoms with Crippen molar-refractivity contribution < 1.29 is 23.8 Å². The third kappa shape index (κ3) is 5.75. The van der Waals surface area contributed by atoms with E-state index in [1.165, 1.54) is 0 Å². The molecule has 3 atom stereocenters. The highest BCUT2D eigenvalue weighted by Gasteiger charge is 2.33. The topological polar surface area (TPSA) is 92.1 Å². The number of amides is 2. The number of fused-ring (bicyclic) bond motifs is 3. The Hall–Kier alpha value is -2.63. The summed E-state index contributed by atoms with van der Waals surface area (Å²) in [5, 5.41) is 9.24. The largest absolute Gasteiger partial charge is 0.493 e. The van der Waals surface area contributed by atoms with Crippen LogP contribution >= 0.6 is 0 Å². The second-order valence-electron chi connectivity index (χ2n) is 8.21. The second-order valence-corrected chi connectivity index (χ2v) is 8.21. The molecule has 31 heavy (non-hydrogen) atoms. The van der Waals surface area contributed by atoms with Crippen molar-refractivity contribution in [2.75, 3.05) is 40.9 Å². The maximum atomic E-state index is 13.0. The molecule has 1 fully saturated rings. The van der Waals surface area contributed by atoms with Crippen LogP contribution in [0.2, 0.25) is 0 Å². The second kappa shape index (κ2) is 10.6. The number of methoxy groups -OCH3 is 1. The molecule has 1 aromatic rings. The van der Waals surface area contributed by atoms with Gasteiger partial charge in [0.05, 0.1) is 36.0 Å². The van der Waals surface area contributed by atoms with Gasteiger partial charge in [0.15, 0.2) is 0 Å². The summed E-state index contributed by atoms with van der Waals surface area (Å²) >= 11 is 0. The van der Waals surface area contributed by atoms with Gasteiger partial charge >= 0.3 is 0 Å². The molecule has 2 heterocycles. The molecule has 2 aliphatic rings. The summed E-state index contributed by atoms with van der Waals surface area (Å²) in [5.74, 6) is 0.252. The van der Waals surface area contributed by atoms with E-state index in [0.717, 1.165) is 12.8 Å². The monoisotopic (exact) mass is 429 g/mol. The van der Waals surface area contributed by atoms with Crippen molar-refractivity contribution >= 4 is 11.8 Å². The Bertz CT molecular complexity index is 837. The van der Waals surface area contributed by atoms with Crippen LogP contribution in [0.15, 0.2) is 18.2 Å². The van der Waals surface area contributed by atoms with E-state index in [2.05, 4.69) is 6.07 Å². The summed E-state index contributed by atoms with van der Waals surface area (Å²) in [7, 11) is 5.16. The summed E-state index contributed by atoms with van der Waals surface area (Å²) < 4.78 is 17.8. The predicted octanol–water partition coefficient (Wildman–Crippen LogP) is 2.21. The summed E-state index contributed by atoms with van der Waals surface area (Å²) in [4.78, 5) is 28.9. The number of nitrogens with zero attached hydrogens (tertiary/aromatic N) is 3. The fourth-order valence-electron chi connectivity index (χ4n) is 4.11. The van der Waals surface area contributed by atoms with E-state index in [9.17, 15) is 14.9 Å². The minimum Gasteiger partial charge on any atom is -0.493 e. The first kappa shape index (κ1) is 23.0. The third-order valence-electron chi connectivity index (χ3n) is 6.00. The molecule has 0 aromatic heterocycles. The van der Waals surface area contributed by atoms with E-state index in [1.54, 1.807) is 49.2 Å². The minimum absolute atomic E-state index is 0.00647. The van der Waals surface area contributed by atoms with Crippen molar-refractivity contribution in [1.82, 2.24) is 9.80 Å². The van der Waals surface area contributed by atoms with Crippen molar-refractivity contribution in [3.63, 3.8) is 0 Å². The predicted molar refractivity (Wildman–Crippen MR) is 114 cm³/mol. The van der Waals surface area contributed by atoms with Crippen LogP contribution in [0.25, 0.3) is 0 Å². The maximum Gasteiger partial charge on any atom is 0.257 e. The molecule has 2 bridgehead atoms. The molecular weight excluding hydrogens is 398 g/mol. The van der Waals surface area contributed by atoms with Crippen molar-refractivity contribution in [3.8, 4) is 11.8 Å². The lowest BCUT2D eigenvalue weighted by molar-refractivity contribution is -0.150. The zero-order valence-corrected chi connectivity index (χ0v) is 18.5. The standard InChI is InChI=1S/C23H31N3O5/c1-25-11-4-5-22(27)26(2)15-21-20(29-3)9-7-17(31-21)10-12-30-19-8-6-16(14-24)13-18(19)23(25)28/h6,8,13,17,20-21H,4-5,7,9-12,15H2,1-3H3/t17-,20-,21+/m1/s1.